The van der Waals surface area contributed by atoms with Crippen LogP contribution < -0.4 is 15.0 Å². The van der Waals surface area contributed by atoms with Crippen molar-refractivity contribution in [3.05, 3.63) is 54.1 Å². The molecule has 0 saturated heterocycles. The molecule has 8 heteroatoms. The molecule has 0 saturated carbocycles. The molecule has 0 spiro atoms. The molecular formula is C19H24N4O3S. The zero-order valence-electron chi connectivity index (χ0n) is 15.6. The van der Waals surface area contributed by atoms with Gasteiger partial charge in [-0.05, 0) is 55.8 Å². The molecule has 0 aromatic heterocycles. The molecule has 0 atom stereocenters. The first kappa shape index (κ1) is 20.4. The van der Waals surface area contributed by atoms with Crippen molar-refractivity contribution in [3.8, 4) is 0 Å². The Morgan fingerprint density at radius 2 is 1.63 bits per heavy atom. The summed E-state index contributed by atoms with van der Waals surface area (Å²) in [6.07, 6.45) is 1.45. The lowest BCUT2D eigenvalue weighted by atomic mass is 10.2. The molecule has 0 fully saturated rings. The van der Waals surface area contributed by atoms with E-state index in [0.29, 0.717) is 5.69 Å². The van der Waals surface area contributed by atoms with Crippen LogP contribution in [0.25, 0.3) is 0 Å². The third-order valence-corrected chi connectivity index (χ3v) is 5.13. The molecule has 0 aliphatic carbocycles. The Kier molecular flexibility index (Phi) is 6.95. The predicted molar refractivity (Wildman–Crippen MR) is 109 cm³/mol. The second kappa shape index (κ2) is 9.18. The lowest BCUT2D eigenvalue weighted by Crippen LogP contribution is -2.21. The van der Waals surface area contributed by atoms with Gasteiger partial charge in [0.15, 0.2) is 0 Å². The van der Waals surface area contributed by atoms with E-state index >= 15 is 0 Å². The highest BCUT2D eigenvalue weighted by Gasteiger charge is 2.12. The molecule has 2 aromatic carbocycles. The van der Waals surface area contributed by atoms with Gasteiger partial charge < -0.3 is 10.2 Å². The molecule has 144 valence electrons. The van der Waals surface area contributed by atoms with E-state index in [1.165, 1.54) is 37.4 Å². The molecule has 7 nitrogen and oxygen atoms in total. The smallest absolute Gasteiger partial charge is 0.276 e. The molecule has 1 amide bonds. The monoisotopic (exact) mass is 388 g/mol. The van der Waals surface area contributed by atoms with Crippen LogP contribution in [0.4, 0.5) is 11.4 Å². The number of nitrogens with one attached hydrogen (secondary N) is 2. The second-order valence-corrected chi connectivity index (χ2v) is 7.48. The number of amides is 1. The summed E-state index contributed by atoms with van der Waals surface area (Å²) in [5, 5.41) is 6.41. The van der Waals surface area contributed by atoms with Crippen molar-refractivity contribution in [2.24, 2.45) is 5.10 Å². The average Bonchev–Trinajstić information content (AvgIpc) is 2.64. The van der Waals surface area contributed by atoms with Crippen molar-refractivity contribution in [1.82, 2.24) is 4.83 Å². The highest BCUT2D eigenvalue weighted by atomic mass is 32.2. The molecule has 0 aliphatic heterocycles. The van der Waals surface area contributed by atoms with E-state index in [9.17, 15) is 13.2 Å². The third-order valence-electron chi connectivity index (χ3n) is 3.89. The topological polar surface area (TPSA) is 90.9 Å². The number of carbonyl (C=O) groups excluding carboxylic acids is 1. The van der Waals surface area contributed by atoms with Crippen molar-refractivity contribution in [2.45, 2.75) is 25.7 Å². The Balaban J connectivity index is 2.02. The first-order valence-corrected chi connectivity index (χ1v) is 10.1. The van der Waals surface area contributed by atoms with Crippen LogP contribution in [0.15, 0.2) is 58.5 Å². The largest absolute Gasteiger partial charge is 0.372 e. The summed E-state index contributed by atoms with van der Waals surface area (Å²) in [6, 6.07) is 13.6. The number of rotatable bonds is 8. The number of anilines is 2. The fourth-order valence-electron chi connectivity index (χ4n) is 2.50. The third kappa shape index (κ3) is 5.82. The van der Waals surface area contributed by atoms with Crippen molar-refractivity contribution < 1.29 is 13.2 Å². The first-order valence-electron chi connectivity index (χ1n) is 8.63. The van der Waals surface area contributed by atoms with Gasteiger partial charge in [-0.25, -0.2) is 4.83 Å². The van der Waals surface area contributed by atoms with Gasteiger partial charge in [0.1, 0.15) is 0 Å². The molecule has 27 heavy (non-hydrogen) atoms. The van der Waals surface area contributed by atoms with Crippen molar-refractivity contribution in [1.29, 1.82) is 0 Å². The van der Waals surface area contributed by atoms with Crippen molar-refractivity contribution in [3.63, 3.8) is 0 Å². The van der Waals surface area contributed by atoms with E-state index in [0.717, 1.165) is 24.3 Å². The van der Waals surface area contributed by atoms with Crippen LogP contribution in [-0.2, 0) is 14.8 Å². The Bertz CT molecular complexity index is 888. The number of hydrogen-bond acceptors (Lipinski definition) is 5. The van der Waals surface area contributed by atoms with E-state index in [1.54, 1.807) is 0 Å². The fourth-order valence-corrected chi connectivity index (χ4v) is 3.29. The van der Waals surface area contributed by atoms with Crippen LogP contribution >= 0.6 is 0 Å². The van der Waals surface area contributed by atoms with Gasteiger partial charge in [-0.2, -0.15) is 13.5 Å². The maximum absolute atomic E-state index is 12.3. The lowest BCUT2D eigenvalue weighted by molar-refractivity contribution is -0.114. The van der Waals surface area contributed by atoms with E-state index in [4.69, 9.17) is 0 Å². The lowest BCUT2D eigenvalue weighted by Gasteiger charge is -2.20. The van der Waals surface area contributed by atoms with Crippen LogP contribution in [0.3, 0.4) is 0 Å². The quantitative estimate of drug-likeness (QED) is 0.537. The van der Waals surface area contributed by atoms with Crippen LogP contribution in [0.2, 0.25) is 0 Å². The molecule has 0 heterocycles. The van der Waals surface area contributed by atoms with E-state index in [-0.39, 0.29) is 10.8 Å². The summed E-state index contributed by atoms with van der Waals surface area (Å²) in [5.41, 5.74) is 2.42. The molecule has 0 radical (unpaired) electrons. The summed E-state index contributed by atoms with van der Waals surface area (Å²) in [4.78, 5) is 15.5. The number of carbonyl (C=O) groups is 1. The van der Waals surface area contributed by atoms with Gasteiger partial charge in [0.25, 0.3) is 10.0 Å². The summed E-state index contributed by atoms with van der Waals surface area (Å²) in [7, 11) is -3.77. The minimum absolute atomic E-state index is 0.0608. The SMILES string of the molecule is CCN(CC)c1ccc(C=NNS(=O)(=O)c2ccc(NC(C)=O)cc2)cc1. The van der Waals surface area contributed by atoms with Crippen LogP contribution in [0, 0.1) is 0 Å². The summed E-state index contributed by atoms with van der Waals surface area (Å²) >= 11 is 0. The van der Waals surface area contributed by atoms with Crippen LogP contribution in [0.1, 0.15) is 26.3 Å². The van der Waals surface area contributed by atoms with E-state index < -0.39 is 10.0 Å². The van der Waals surface area contributed by atoms with Gasteiger partial charge >= 0.3 is 0 Å². The number of hydrazone groups is 1. The summed E-state index contributed by atoms with van der Waals surface area (Å²) < 4.78 is 24.5. The van der Waals surface area contributed by atoms with Gasteiger partial charge in [-0.15, -0.1) is 0 Å². The molecule has 0 aliphatic rings. The van der Waals surface area contributed by atoms with Gasteiger partial charge in [-0.3, -0.25) is 4.79 Å². The zero-order chi connectivity index (χ0) is 19.9. The molecule has 2 N–H and O–H groups in total. The van der Waals surface area contributed by atoms with Crippen LogP contribution in [0.5, 0.6) is 0 Å². The molecular weight excluding hydrogens is 364 g/mol. The zero-order valence-corrected chi connectivity index (χ0v) is 16.5. The molecule has 2 rings (SSSR count). The van der Waals surface area contributed by atoms with Crippen LogP contribution in [-0.4, -0.2) is 33.6 Å². The van der Waals surface area contributed by atoms with E-state index in [2.05, 4.69) is 34.0 Å². The minimum Gasteiger partial charge on any atom is -0.372 e. The number of sulfonamides is 1. The number of benzene rings is 2. The molecule has 2 aromatic rings. The van der Waals surface area contributed by atoms with Gasteiger partial charge in [0.2, 0.25) is 5.91 Å². The molecule has 0 unspecified atom stereocenters. The Labute approximate surface area is 160 Å². The Morgan fingerprint density at radius 3 is 2.15 bits per heavy atom. The Morgan fingerprint density at radius 1 is 1.04 bits per heavy atom. The fraction of sp³-hybridized carbons (Fsp3) is 0.263. The normalized spacial score (nSPS) is 11.4. The van der Waals surface area contributed by atoms with Gasteiger partial charge in [0.05, 0.1) is 11.1 Å². The highest BCUT2D eigenvalue weighted by molar-refractivity contribution is 7.89. The maximum Gasteiger partial charge on any atom is 0.276 e. The van der Waals surface area contributed by atoms with Crippen molar-refractivity contribution >= 4 is 33.5 Å². The first-order chi connectivity index (χ1) is 12.9. The minimum atomic E-state index is -3.77. The highest BCUT2D eigenvalue weighted by Crippen LogP contribution is 2.15. The molecule has 0 bridgehead atoms. The number of nitrogens with zero attached hydrogens (tertiary/aromatic N) is 2. The van der Waals surface area contributed by atoms with Crippen molar-refractivity contribution in [2.75, 3.05) is 23.3 Å². The predicted octanol–water partition coefficient (Wildman–Crippen LogP) is 2.80. The Hall–Kier alpha value is -2.87. The van der Waals surface area contributed by atoms with Gasteiger partial charge in [-0.1, -0.05) is 12.1 Å². The summed E-state index contributed by atoms with van der Waals surface area (Å²) in [6.45, 7) is 7.41. The van der Waals surface area contributed by atoms with E-state index in [1.807, 2.05) is 24.3 Å². The standard InChI is InChI=1S/C19H24N4O3S/c1-4-23(5-2)18-10-6-16(7-11-18)14-20-22-27(25,26)19-12-8-17(9-13-19)21-15(3)24/h6-14,22H,4-5H2,1-3H3,(H,21,24). The van der Waals surface area contributed by atoms with Gasteiger partial charge in [0, 0.05) is 31.4 Å². The number of hydrogen-bond donors (Lipinski definition) is 2. The average molecular weight is 388 g/mol. The summed E-state index contributed by atoms with van der Waals surface area (Å²) in [5.74, 6) is -0.222. The maximum atomic E-state index is 12.3. The second-order valence-electron chi connectivity index (χ2n) is 5.82.